The number of rotatable bonds is 5. The summed E-state index contributed by atoms with van der Waals surface area (Å²) in [5.74, 6) is 0.513. The number of methoxy groups -OCH3 is 1. The Labute approximate surface area is 178 Å². The molecule has 0 spiro atoms. The van der Waals surface area contributed by atoms with E-state index in [2.05, 4.69) is 5.32 Å². The Kier molecular flexibility index (Phi) is 5.22. The Morgan fingerprint density at radius 1 is 1.23 bits per heavy atom. The molecule has 0 aliphatic carbocycles. The highest BCUT2D eigenvalue weighted by Gasteiger charge is 2.25. The molecule has 2 aromatic heterocycles. The zero-order valence-corrected chi connectivity index (χ0v) is 17.7. The predicted octanol–water partition coefficient (Wildman–Crippen LogP) is 4.35. The number of carbonyl (C=O) groups excluding carboxylic acids is 1. The van der Waals surface area contributed by atoms with Gasteiger partial charge in [-0.05, 0) is 43.7 Å². The molecule has 2 heterocycles. The molecule has 4 aromatic rings. The molecule has 0 unspecified atom stereocenters. The Balaban J connectivity index is 2.02. The maximum absolute atomic E-state index is 13.1. The summed E-state index contributed by atoms with van der Waals surface area (Å²) < 4.78 is 6.95. The molecule has 0 saturated carbocycles. The molecule has 0 aliphatic rings. The van der Waals surface area contributed by atoms with Crippen LogP contribution in [0.1, 0.15) is 30.6 Å². The van der Waals surface area contributed by atoms with E-state index in [1.54, 1.807) is 23.8 Å². The van der Waals surface area contributed by atoms with Crippen LogP contribution in [0.2, 0.25) is 5.02 Å². The highest BCUT2D eigenvalue weighted by atomic mass is 35.5. The molecule has 30 heavy (non-hydrogen) atoms. The maximum Gasteiger partial charge on any atom is 0.257 e. The molecule has 8 heteroatoms. The normalized spacial score (nSPS) is 12.3. The standard InChI is InChI=1S/C22H22ClN5O2/c1-4-12(2)25-22(29)18-19-21(27-16-8-6-5-7-15(16)26-19)28(20(18)24)13-9-10-17(30-3)14(23)11-13/h5-12H,4,24H2,1-3H3,(H,25,29)/t12-/m1/s1. The molecular weight excluding hydrogens is 402 g/mol. The number of para-hydroxylation sites is 2. The van der Waals surface area contributed by atoms with Crippen LogP contribution in [0.3, 0.4) is 0 Å². The van der Waals surface area contributed by atoms with Gasteiger partial charge < -0.3 is 15.8 Å². The lowest BCUT2D eigenvalue weighted by atomic mass is 10.2. The number of anilines is 1. The van der Waals surface area contributed by atoms with Crippen molar-refractivity contribution in [1.29, 1.82) is 0 Å². The van der Waals surface area contributed by atoms with Gasteiger partial charge in [0.1, 0.15) is 22.6 Å². The molecule has 0 radical (unpaired) electrons. The van der Waals surface area contributed by atoms with Crippen molar-refractivity contribution in [1.82, 2.24) is 19.9 Å². The Morgan fingerprint density at radius 3 is 2.57 bits per heavy atom. The summed E-state index contributed by atoms with van der Waals surface area (Å²) in [5.41, 5.74) is 9.79. The van der Waals surface area contributed by atoms with E-state index in [1.165, 1.54) is 0 Å². The van der Waals surface area contributed by atoms with Crippen molar-refractivity contribution in [2.24, 2.45) is 0 Å². The summed E-state index contributed by atoms with van der Waals surface area (Å²) in [6, 6.07) is 12.8. The molecule has 4 rings (SSSR count). The summed E-state index contributed by atoms with van der Waals surface area (Å²) in [5, 5.41) is 3.40. The van der Waals surface area contributed by atoms with E-state index in [0.29, 0.717) is 44.2 Å². The number of hydrogen-bond donors (Lipinski definition) is 2. The highest BCUT2D eigenvalue weighted by Crippen LogP contribution is 2.34. The fraction of sp³-hybridized carbons (Fsp3) is 0.227. The quantitative estimate of drug-likeness (QED) is 0.497. The van der Waals surface area contributed by atoms with Crippen molar-refractivity contribution in [2.75, 3.05) is 12.8 Å². The first kappa shape index (κ1) is 20.0. The van der Waals surface area contributed by atoms with Crippen molar-refractivity contribution in [3.8, 4) is 11.4 Å². The zero-order chi connectivity index (χ0) is 21.4. The number of ether oxygens (including phenoxy) is 1. The van der Waals surface area contributed by atoms with Crippen LogP contribution in [0, 0.1) is 0 Å². The fourth-order valence-electron chi connectivity index (χ4n) is 3.34. The molecule has 154 valence electrons. The number of carbonyl (C=O) groups is 1. The van der Waals surface area contributed by atoms with Gasteiger partial charge >= 0.3 is 0 Å². The molecule has 0 saturated heterocycles. The van der Waals surface area contributed by atoms with Gasteiger partial charge in [0.2, 0.25) is 0 Å². The van der Waals surface area contributed by atoms with Crippen LogP contribution in [-0.2, 0) is 0 Å². The topological polar surface area (TPSA) is 95.1 Å². The molecule has 0 aliphatic heterocycles. The fourth-order valence-corrected chi connectivity index (χ4v) is 3.59. The first-order valence-electron chi connectivity index (χ1n) is 9.66. The van der Waals surface area contributed by atoms with Crippen molar-refractivity contribution in [3.63, 3.8) is 0 Å². The number of hydrogen-bond acceptors (Lipinski definition) is 5. The van der Waals surface area contributed by atoms with E-state index in [0.717, 1.165) is 6.42 Å². The van der Waals surface area contributed by atoms with Gasteiger partial charge in [0, 0.05) is 6.04 Å². The average molecular weight is 424 g/mol. The minimum absolute atomic E-state index is 0.000790. The third kappa shape index (κ3) is 3.31. The number of fused-ring (bicyclic) bond motifs is 2. The van der Waals surface area contributed by atoms with E-state index in [4.69, 9.17) is 32.0 Å². The Bertz CT molecular complexity index is 1270. The van der Waals surface area contributed by atoms with Crippen LogP contribution in [-0.4, -0.2) is 33.6 Å². The summed E-state index contributed by atoms with van der Waals surface area (Å²) in [6.07, 6.45) is 0.799. The van der Waals surface area contributed by atoms with E-state index >= 15 is 0 Å². The molecule has 0 fully saturated rings. The molecule has 3 N–H and O–H groups in total. The lowest BCUT2D eigenvalue weighted by Gasteiger charge is -2.12. The third-order valence-electron chi connectivity index (χ3n) is 5.11. The number of nitrogens with two attached hydrogens (primary N) is 1. The lowest BCUT2D eigenvalue weighted by molar-refractivity contribution is 0.0941. The van der Waals surface area contributed by atoms with Gasteiger partial charge in [-0.3, -0.25) is 9.36 Å². The van der Waals surface area contributed by atoms with Gasteiger partial charge in [0.15, 0.2) is 5.65 Å². The maximum atomic E-state index is 13.1. The lowest BCUT2D eigenvalue weighted by Crippen LogP contribution is -2.32. The van der Waals surface area contributed by atoms with Gasteiger partial charge in [-0.15, -0.1) is 0 Å². The van der Waals surface area contributed by atoms with Gasteiger partial charge in [0.05, 0.1) is 28.9 Å². The molecule has 7 nitrogen and oxygen atoms in total. The Morgan fingerprint density at radius 2 is 1.93 bits per heavy atom. The van der Waals surface area contributed by atoms with Crippen LogP contribution in [0.4, 0.5) is 5.82 Å². The monoisotopic (exact) mass is 423 g/mol. The van der Waals surface area contributed by atoms with Crippen molar-refractivity contribution in [3.05, 3.63) is 53.1 Å². The second-order valence-electron chi connectivity index (χ2n) is 7.08. The van der Waals surface area contributed by atoms with Crippen molar-refractivity contribution < 1.29 is 9.53 Å². The summed E-state index contributed by atoms with van der Waals surface area (Å²) >= 11 is 6.34. The third-order valence-corrected chi connectivity index (χ3v) is 5.40. The number of nitrogen functional groups attached to an aromatic ring is 1. The summed E-state index contributed by atoms with van der Waals surface area (Å²) in [6.45, 7) is 3.95. The summed E-state index contributed by atoms with van der Waals surface area (Å²) in [4.78, 5) is 22.5. The van der Waals surface area contributed by atoms with Crippen LogP contribution in [0.15, 0.2) is 42.5 Å². The van der Waals surface area contributed by atoms with Crippen molar-refractivity contribution in [2.45, 2.75) is 26.3 Å². The smallest absolute Gasteiger partial charge is 0.257 e. The number of nitrogens with one attached hydrogen (secondary N) is 1. The average Bonchev–Trinajstić information content (AvgIpc) is 3.02. The van der Waals surface area contributed by atoms with E-state index < -0.39 is 0 Å². The molecule has 1 atom stereocenters. The first-order chi connectivity index (χ1) is 14.4. The van der Waals surface area contributed by atoms with Crippen LogP contribution in [0.25, 0.3) is 27.9 Å². The van der Waals surface area contributed by atoms with Gasteiger partial charge in [0.25, 0.3) is 5.91 Å². The van der Waals surface area contributed by atoms with Crippen LogP contribution >= 0.6 is 11.6 Å². The Hall–Kier alpha value is -3.32. The number of halogens is 1. The largest absolute Gasteiger partial charge is 0.495 e. The minimum Gasteiger partial charge on any atom is -0.495 e. The van der Waals surface area contributed by atoms with E-state index in [1.807, 2.05) is 44.2 Å². The second kappa shape index (κ2) is 7.84. The molecular formula is C22H22ClN5O2. The number of aromatic nitrogens is 3. The van der Waals surface area contributed by atoms with Crippen LogP contribution < -0.4 is 15.8 Å². The number of benzene rings is 2. The van der Waals surface area contributed by atoms with Gasteiger partial charge in [-0.1, -0.05) is 30.7 Å². The highest BCUT2D eigenvalue weighted by molar-refractivity contribution is 6.32. The molecule has 0 bridgehead atoms. The number of nitrogens with zero attached hydrogens (tertiary/aromatic N) is 3. The van der Waals surface area contributed by atoms with Crippen molar-refractivity contribution >= 4 is 45.5 Å². The second-order valence-corrected chi connectivity index (χ2v) is 7.49. The zero-order valence-electron chi connectivity index (χ0n) is 16.9. The molecule has 2 aromatic carbocycles. The summed E-state index contributed by atoms with van der Waals surface area (Å²) in [7, 11) is 1.55. The van der Waals surface area contributed by atoms with E-state index in [9.17, 15) is 4.79 Å². The SMILES string of the molecule is CC[C@@H](C)NC(=O)c1c(N)n(-c2ccc(OC)c(Cl)c2)c2nc3ccccc3nc12. The van der Waals surface area contributed by atoms with E-state index in [-0.39, 0.29) is 17.8 Å². The molecule has 1 amide bonds. The minimum atomic E-state index is -0.283. The van der Waals surface area contributed by atoms with Gasteiger partial charge in [-0.25, -0.2) is 9.97 Å². The number of amides is 1. The van der Waals surface area contributed by atoms with Gasteiger partial charge in [-0.2, -0.15) is 0 Å². The van der Waals surface area contributed by atoms with Crippen LogP contribution in [0.5, 0.6) is 5.75 Å². The first-order valence-corrected chi connectivity index (χ1v) is 10.0. The predicted molar refractivity (Wildman–Crippen MR) is 120 cm³/mol.